The Morgan fingerprint density at radius 1 is 1.28 bits per heavy atom. The van der Waals surface area contributed by atoms with Crippen molar-refractivity contribution < 1.29 is 9.53 Å². The van der Waals surface area contributed by atoms with Crippen LogP contribution < -0.4 is 15.4 Å². The molecule has 1 aromatic carbocycles. The Hall–Kier alpha value is -1.51. The van der Waals surface area contributed by atoms with E-state index in [0.29, 0.717) is 18.8 Å². The number of carbonyl (C=O) groups is 1. The van der Waals surface area contributed by atoms with Crippen LogP contribution >= 0.6 is 24.0 Å². The highest BCUT2D eigenvalue weighted by molar-refractivity contribution is 14.0. The maximum absolute atomic E-state index is 11.6. The van der Waals surface area contributed by atoms with Gasteiger partial charge in [-0.25, -0.2) is 0 Å². The van der Waals surface area contributed by atoms with Crippen LogP contribution in [0.15, 0.2) is 29.3 Å². The van der Waals surface area contributed by atoms with Gasteiger partial charge in [0.2, 0.25) is 0 Å². The summed E-state index contributed by atoms with van der Waals surface area (Å²) in [5.74, 6) is 3.13. The number of aliphatic imine (C=N–C) groups is 1. The van der Waals surface area contributed by atoms with Crippen LogP contribution in [0.5, 0.6) is 5.75 Å². The van der Waals surface area contributed by atoms with E-state index in [2.05, 4.69) is 40.4 Å². The number of nitrogens with one attached hydrogen (secondary N) is 2. The monoisotopic (exact) mass is 516 g/mol. The van der Waals surface area contributed by atoms with Gasteiger partial charge in [-0.2, -0.15) is 0 Å². The van der Waals surface area contributed by atoms with Gasteiger partial charge >= 0.3 is 0 Å². The molecule has 1 aliphatic rings. The average Bonchev–Trinajstić information content (AvgIpc) is 3.18. The number of carbonyl (C=O) groups excluding carboxylic acids is 1. The lowest BCUT2D eigenvalue weighted by Crippen LogP contribution is -2.40. The largest absolute Gasteiger partial charge is 0.484 e. The van der Waals surface area contributed by atoms with Crippen LogP contribution in [-0.4, -0.2) is 50.1 Å². The lowest BCUT2D eigenvalue weighted by atomic mass is 9.87. The molecule has 1 amide bonds. The first-order chi connectivity index (χ1) is 13.6. The third kappa shape index (κ3) is 8.03. The zero-order valence-electron chi connectivity index (χ0n) is 18.2. The number of ether oxygens (including phenoxy) is 1. The van der Waals surface area contributed by atoms with Crippen LogP contribution in [0, 0.1) is 11.8 Å². The first kappa shape index (κ1) is 25.5. The Kier molecular flexibility index (Phi) is 12.0. The van der Waals surface area contributed by atoms with Crippen molar-refractivity contribution in [1.82, 2.24) is 15.5 Å². The predicted molar refractivity (Wildman–Crippen MR) is 130 cm³/mol. The molecule has 29 heavy (non-hydrogen) atoms. The summed E-state index contributed by atoms with van der Waals surface area (Å²) in [7, 11) is 1.85. The quantitative estimate of drug-likeness (QED) is 0.299. The third-order valence-corrected chi connectivity index (χ3v) is 5.54. The molecule has 1 aromatic rings. The molecule has 0 spiro atoms. The minimum atomic E-state index is -0.104. The number of hydrogen-bond donors (Lipinski definition) is 2. The van der Waals surface area contributed by atoms with E-state index in [-0.39, 0.29) is 36.5 Å². The third-order valence-electron chi connectivity index (χ3n) is 5.54. The van der Waals surface area contributed by atoms with Gasteiger partial charge in [0, 0.05) is 33.2 Å². The highest BCUT2D eigenvalue weighted by Crippen LogP contribution is 2.28. The van der Waals surface area contributed by atoms with Crippen LogP contribution in [-0.2, 0) is 11.3 Å². The summed E-state index contributed by atoms with van der Waals surface area (Å²) in [6.07, 6.45) is 3.75. The number of amides is 1. The maximum atomic E-state index is 11.6. The van der Waals surface area contributed by atoms with Crippen molar-refractivity contribution in [2.45, 2.75) is 46.6 Å². The van der Waals surface area contributed by atoms with Crippen molar-refractivity contribution in [3.8, 4) is 5.75 Å². The number of benzene rings is 1. The van der Waals surface area contributed by atoms with Crippen molar-refractivity contribution in [2.24, 2.45) is 16.8 Å². The summed E-state index contributed by atoms with van der Waals surface area (Å²) < 4.78 is 5.58. The van der Waals surface area contributed by atoms with E-state index in [4.69, 9.17) is 4.74 Å². The molecule has 1 fully saturated rings. The average molecular weight is 516 g/mol. The number of likely N-dealkylation sites (tertiary alicyclic amines) is 1. The minimum Gasteiger partial charge on any atom is -0.484 e. The first-order valence-electron chi connectivity index (χ1n) is 10.5. The van der Waals surface area contributed by atoms with Gasteiger partial charge < -0.3 is 20.3 Å². The zero-order valence-corrected chi connectivity index (χ0v) is 20.6. The van der Waals surface area contributed by atoms with Crippen LogP contribution in [0.3, 0.4) is 0 Å². The van der Waals surface area contributed by atoms with Crippen molar-refractivity contribution in [1.29, 1.82) is 0 Å². The first-order valence-corrected chi connectivity index (χ1v) is 10.5. The topological polar surface area (TPSA) is 66.0 Å². The van der Waals surface area contributed by atoms with Gasteiger partial charge in [0.1, 0.15) is 5.75 Å². The van der Waals surface area contributed by atoms with E-state index in [0.717, 1.165) is 36.4 Å². The second kappa shape index (κ2) is 13.7. The molecule has 0 saturated carbocycles. The van der Waals surface area contributed by atoms with Gasteiger partial charge in [-0.05, 0) is 42.9 Å². The normalized spacial score (nSPS) is 16.5. The number of likely N-dealkylation sites (N-methyl/N-ethyl adjacent to an activating group) is 1. The zero-order chi connectivity index (χ0) is 20.4. The number of rotatable bonds is 9. The summed E-state index contributed by atoms with van der Waals surface area (Å²) in [5.41, 5.74) is 1.10. The summed E-state index contributed by atoms with van der Waals surface area (Å²) in [4.78, 5) is 18.4. The Balaban J connectivity index is 0.00000420. The van der Waals surface area contributed by atoms with Gasteiger partial charge in [-0.1, -0.05) is 38.8 Å². The predicted octanol–water partition coefficient (Wildman–Crippen LogP) is 3.65. The van der Waals surface area contributed by atoms with Gasteiger partial charge in [0.25, 0.3) is 5.91 Å². The molecule has 1 heterocycles. The molecule has 1 aliphatic heterocycles. The highest BCUT2D eigenvalue weighted by Gasteiger charge is 2.29. The van der Waals surface area contributed by atoms with Gasteiger partial charge in [-0.15, -0.1) is 24.0 Å². The lowest BCUT2D eigenvalue weighted by Gasteiger charge is -2.24. The fourth-order valence-electron chi connectivity index (χ4n) is 3.98. The summed E-state index contributed by atoms with van der Waals surface area (Å²) in [6.45, 7) is 9.97. The Morgan fingerprint density at radius 2 is 2.03 bits per heavy atom. The number of guanidine groups is 1. The van der Waals surface area contributed by atoms with E-state index in [1.165, 1.54) is 19.3 Å². The molecular weight excluding hydrogens is 479 g/mol. The van der Waals surface area contributed by atoms with Gasteiger partial charge in [0.15, 0.2) is 12.6 Å². The molecule has 1 atom stereocenters. The molecule has 2 rings (SSSR count). The maximum Gasteiger partial charge on any atom is 0.257 e. The Bertz CT molecular complexity index is 649. The van der Waals surface area contributed by atoms with Crippen LogP contribution in [0.1, 0.15) is 45.6 Å². The second-order valence-electron chi connectivity index (χ2n) is 7.36. The lowest BCUT2D eigenvalue weighted by molar-refractivity contribution is -0.122. The van der Waals surface area contributed by atoms with Crippen molar-refractivity contribution >= 4 is 35.8 Å². The second-order valence-corrected chi connectivity index (χ2v) is 7.36. The van der Waals surface area contributed by atoms with Crippen LogP contribution in [0.25, 0.3) is 0 Å². The summed E-state index contributed by atoms with van der Waals surface area (Å²) >= 11 is 0. The van der Waals surface area contributed by atoms with Crippen molar-refractivity contribution in [2.75, 3.05) is 33.3 Å². The number of nitrogens with zero attached hydrogens (tertiary/aromatic N) is 2. The van der Waals surface area contributed by atoms with Gasteiger partial charge in [0.05, 0.1) is 0 Å². The molecule has 0 aliphatic carbocycles. The SMILES string of the molecule is CCNC(=O)COc1cccc(CNC(=NC)N2CCC(C(CC)CC)C2)c1.I. The fourth-order valence-corrected chi connectivity index (χ4v) is 3.98. The van der Waals surface area contributed by atoms with E-state index >= 15 is 0 Å². The highest BCUT2D eigenvalue weighted by atomic mass is 127. The summed E-state index contributed by atoms with van der Waals surface area (Å²) in [5, 5.41) is 6.21. The molecule has 2 N–H and O–H groups in total. The molecule has 0 radical (unpaired) electrons. The van der Waals surface area contributed by atoms with Crippen LogP contribution in [0.4, 0.5) is 0 Å². The molecule has 6 nitrogen and oxygen atoms in total. The van der Waals surface area contributed by atoms with E-state index in [1.54, 1.807) is 0 Å². The summed E-state index contributed by atoms with van der Waals surface area (Å²) in [6, 6.07) is 7.84. The smallest absolute Gasteiger partial charge is 0.257 e. The molecular formula is C22H37IN4O2. The molecule has 164 valence electrons. The number of halogens is 1. The fraction of sp³-hybridized carbons (Fsp3) is 0.636. The standard InChI is InChI=1S/C22H36N4O2.HI/c1-5-18(6-2)19-11-12-26(15-19)22(23-4)25-14-17-9-8-10-20(13-17)28-16-21(27)24-7-3;/h8-10,13,18-19H,5-7,11-12,14-16H2,1-4H3,(H,23,25)(H,24,27);1H. The molecule has 7 heteroatoms. The van der Waals surface area contributed by atoms with E-state index in [1.807, 2.05) is 32.2 Å². The number of hydrogen-bond acceptors (Lipinski definition) is 3. The van der Waals surface area contributed by atoms with Crippen molar-refractivity contribution in [3.63, 3.8) is 0 Å². The minimum absolute atomic E-state index is 0. The Morgan fingerprint density at radius 3 is 2.69 bits per heavy atom. The molecule has 0 aromatic heterocycles. The molecule has 0 bridgehead atoms. The van der Waals surface area contributed by atoms with E-state index < -0.39 is 0 Å². The van der Waals surface area contributed by atoms with Crippen LogP contribution in [0.2, 0.25) is 0 Å². The van der Waals surface area contributed by atoms with Crippen molar-refractivity contribution in [3.05, 3.63) is 29.8 Å². The molecule has 1 unspecified atom stereocenters. The Labute approximate surface area is 192 Å². The molecule has 1 saturated heterocycles. The van der Waals surface area contributed by atoms with E-state index in [9.17, 15) is 4.79 Å². The van der Waals surface area contributed by atoms with Gasteiger partial charge in [-0.3, -0.25) is 9.79 Å².